The summed E-state index contributed by atoms with van der Waals surface area (Å²) in [6, 6.07) is 7.06. The number of aromatic nitrogens is 2. The van der Waals surface area contributed by atoms with Crippen molar-refractivity contribution in [2.24, 2.45) is 0 Å². The molecule has 2 aromatic rings. The van der Waals surface area contributed by atoms with E-state index < -0.39 is 0 Å². The van der Waals surface area contributed by atoms with E-state index >= 15 is 0 Å². The number of aliphatic hydroxyl groups is 1. The zero-order valence-electron chi connectivity index (χ0n) is 15.0. The molecule has 0 bridgehead atoms. The summed E-state index contributed by atoms with van der Waals surface area (Å²) >= 11 is 0. The molecular formula is C19H22N2O5. The second-order valence-corrected chi connectivity index (χ2v) is 5.35. The quantitative estimate of drug-likeness (QED) is 0.555. The number of benzene rings is 1. The first-order chi connectivity index (χ1) is 12.5. The van der Waals surface area contributed by atoms with Crippen LogP contribution in [0, 0.1) is 6.92 Å². The summed E-state index contributed by atoms with van der Waals surface area (Å²) in [5.41, 5.74) is 1.24. The number of methoxy groups -OCH3 is 2. The van der Waals surface area contributed by atoms with Gasteiger partial charge in [-0.15, -0.1) is 0 Å². The maximum absolute atomic E-state index is 12.6. The first kappa shape index (κ1) is 19.3. The second-order valence-electron chi connectivity index (χ2n) is 5.35. The van der Waals surface area contributed by atoms with Crippen LogP contribution in [0.1, 0.15) is 11.3 Å². The monoisotopic (exact) mass is 358 g/mol. The topological polar surface area (TPSA) is 93.7 Å². The van der Waals surface area contributed by atoms with Crippen LogP contribution in [0.3, 0.4) is 0 Å². The van der Waals surface area contributed by atoms with Crippen molar-refractivity contribution in [2.45, 2.75) is 6.92 Å². The van der Waals surface area contributed by atoms with Crippen LogP contribution in [-0.4, -0.2) is 42.5 Å². The van der Waals surface area contributed by atoms with E-state index in [-0.39, 0.29) is 18.8 Å². The van der Waals surface area contributed by atoms with Gasteiger partial charge >= 0.3 is 0 Å². The molecule has 0 amide bonds. The summed E-state index contributed by atoms with van der Waals surface area (Å²) in [5, 5.41) is 8.78. The highest BCUT2D eigenvalue weighted by molar-refractivity contribution is 5.65. The molecule has 2 N–H and O–H groups in total. The van der Waals surface area contributed by atoms with Crippen molar-refractivity contribution < 1.29 is 19.3 Å². The third-order valence-electron chi connectivity index (χ3n) is 3.61. The van der Waals surface area contributed by atoms with Crippen molar-refractivity contribution in [1.29, 1.82) is 0 Å². The Labute approximate surface area is 151 Å². The average Bonchev–Trinajstić information content (AvgIpc) is 2.65. The van der Waals surface area contributed by atoms with Crippen LogP contribution in [0.5, 0.6) is 5.75 Å². The molecule has 1 heterocycles. The zero-order valence-corrected chi connectivity index (χ0v) is 15.0. The molecule has 1 aromatic carbocycles. The van der Waals surface area contributed by atoms with Gasteiger partial charge in [-0.1, -0.05) is 6.58 Å². The molecule has 1 aromatic heterocycles. The summed E-state index contributed by atoms with van der Waals surface area (Å²) in [7, 11) is 2.95. The minimum Gasteiger partial charge on any atom is -0.497 e. The molecule has 0 fully saturated rings. The van der Waals surface area contributed by atoms with E-state index in [0.29, 0.717) is 34.3 Å². The minimum atomic E-state index is -0.329. The fraction of sp³-hybridized carbons (Fsp3) is 0.263. The number of allylic oxidation sites excluding steroid dienone is 1. The molecule has 2 rings (SSSR count). The Balaban J connectivity index is 2.38. The number of aliphatic hydroxyl groups excluding tert-OH is 1. The predicted molar refractivity (Wildman–Crippen MR) is 98.7 cm³/mol. The van der Waals surface area contributed by atoms with Gasteiger partial charge in [0.1, 0.15) is 35.3 Å². The van der Waals surface area contributed by atoms with Gasteiger partial charge in [0.25, 0.3) is 5.56 Å². The van der Waals surface area contributed by atoms with E-state index in [0.717, 1.165) is 5.56 Å². The normalized spacial score (nSPS) is 11.2. The van der Waals surface area contributed by atoms with E-state index in [1.807, 2.05) is 0 Å². The Morgan fingerprint density at radius 2 is 1.96 bits per heavy atom. The molecule has 7 heteroatoms. The van der Waals surface area contributed by atoms with Gasteiger partial charge in [-0.3, -0.25) is 4.79 Å². The van der Waals surface area contributed by atoms with Crippen LogP contribution < -0.4 is 10.3 Å². The molecule has 0 spiro atoms. The minimum absolute atomic E-state index is 0.0534. The average molecular weight is 358 g/mol. The molecule has 138 valence electrons. The maximum atomic E-state index is 12.6. The van der Waals surface area contributed by atoms with Crippen molar-refractivity contribution >= 4 is 5.76 Å². The first-order valence-electron chi connectivity index (χ1n) is 7.94. The molecule has 0 aliphatic heterocycles. The van der Waals surface area contributed by atoms with Gasteiger partial charge in [0.05, 0.1) is 26.5 Å². The zero-order chi connectivity index (χ0) is 19.1. The Hall–Kier alpha value is -3.06. The van der Waals surface area contributed by atoms with Gasteiger partial charge in [-0.25, -0.2) is 4.98 Å². The lowest BCUT2D eigenvalue weighted by atomic mass is 10.1. The highest BCUT2D eigenvalue weighted by Crippen LogP contribution is 2.21. The van der Waals surface area contributed by atoms with Crippen molar-refractivity contribution in [1.82, 2.24) is 9.97 Å². The summed E-state index contributed by atoms with van der Waals surface area (Å²) < 4.78 is 15.6. The molecule has 0 saturated heterocycles. The second kappa shape index (κ2) is 8.87. The largest absolute Gasteiger partial charge is 0.497 e. The van der Waals surface area contributed by atoms with E-state index in [4.69, 9.17) is 19.3 Å². The van der Waals surface area contributed by atoms with Crippen LogP contribution in [0.25, 0.3) is 17.1 Å². The van der Waals surface area contributed by atoms with Crippen LogP contribution in [-0.2, 0) is 9.47 Å². The molecule has 0 aliphatic rings. The van der Waals surface area contributed by atoms with Gasteiger partial charge in [-0.05, 0) is 31.2 Å². The van der Waals surface area contributed by atoms with Crippen molar-refractivity contribution in [3.8, 4) is 17.1 Å². The third-order valence-corrected chi connectivity index (χ3v) is 3.61. The smallest absolute Gasteiger partial charge is 0.262 e. The molecule has 7 nitrogen and oxygen atoms in total. The lowest BCUT2D eigenvalue weighted by molar-refractivity contribution is 0.201. The molecule has 0 unspecified atom stereocenters. The number of hydrogen-bond donors (Lipinski definition) is 2. The molecule has 0 saturated carbocycles. The van der Waals surface area contributed by atoms with E-state index in [1.165, 1.54) is 20.3 Å². The number of nitrogens with zero attached hydrogens (tertiary/aromatic N) is 1. The van der Waals surface area contributed by atoms with Gasteiger partial charge < -0.3 is 24.3 Å². The number of ether oxygens (including phenoxy) is 3. The van der Waals surface area contributed by atoms with Crippen LogP contribution >= 0.6 is 0 Å². The van der Waals surface area contributed by atoms with E-state index in [2.05, 4.69) is 16.5 Å². The van der Waals surface area contributed by atoms with Gasteiger partial charge in [0.2, 0.25) is 0 Å². The van der Waals surface area contributed by atoms with Gasteiger partial charge in [-0.2, -0.15) is 0 Å². The van der Waals surface area contributed by atoms with E-state index in [1.54, 1.807) is 31.2 Å². The lowest BCUT2D eigenvalue weighted by Gasteiger charge is -2.11. The number of H-pyrrole nitrogens is 1. The molecule has 0 radical (unpaired) electrons. The molecule has 0 atom stereocenters. The summed E-state index contributed by atoms with van der Waals surface area (Å²) in [6.07, 6.45) is 1.53. The Morgan fingerprint density at radius 1 is 1.27 bits per heavy atom. The number of aryl methyl sites for hydroxylation is 1. The molecular weight excluding hydrogens is 336 g/mol. The molecule has 0 aliphatic carbocycles. The fourth-order valence-electron chi connectivity index (χ4n) is 2.32. The fourth-order valence-corrected chi connectivity index (χ4v) is 2.32. The number of rotatable bonds is 8. The van der Waals surface area contributed by atoms with Gasteiger partial charge in [0, 0.05) is 11.6 Å². The Morgan fingerprint density at radius 3 is 2.50 bits per heavy atom. The third kappa shape index (κ3) is 4.52. The standard InChI is InChI=1S/C19H22N2O5/c1-12(24-3)11-16(25-4)17-13(2)20-18(21-19(17)23)14-5-7-15(8-6-14)26-10-9-22/h5-8,11,22H,1,9-10H2,2-4H3,(H,20,21,23). The number of aromatic amines is 1. The van der Waals surface area contributed by atoms with Crippen LogP contribution in [0.2, 0.25) is 0 Å². The van der Waals surface area contributed by atoms with Crippen LogP contribution in [0.4, 0.5) is 0 Å². The Kier molecular flexibility index (Phi) is 6.57. The number of nitrogens with one attached hydrogen (secondary N) is 1. The van der Waals surface area contributed by atoms with E-state index in [9.17, 15) is 4.79 Å². The first-order valence-corrected chi connectivity index (χ1v) is 7.94. The Bertz CT molecular complexity index is 853. The molecule has 26 heavy (non-hydrogen) atoms. The van der Waals surface area contributed by atoms with Crippen LogP contribution in [0.15, 0.2) is 47.5 Å². The summed E-state index contributed by atoms with van der Waals surface area (Å²) in [6.45, 7) is 5.60. The van der Waals surface area contributed by atoms with Crippen molar-refractivity contribution in [2.75, 3.05) is 27.4 Å². The predicted octanol–water partition coefficient (Wildman–Crippen LogP) is 2.26. The number of hydrogen-bond acceptors (Lipinski definition) is 6. The van der Waals surface area contributed by atoms with Crippen molar-refractivity contribution in [3.63, 3.8) is 0 Å². The SMILES string of the molecule is C=C(C=C(OC)c1c(C)nc(-c2ccc(OCCO)cc2)[nH]c1=O)OC. The lowest BCUT2D eigenvalue weighted by Crippen LogP contribution is -2.17. The summed E-state index contributed by atoms with van der Waals surface area (Å²) in [5.74, 6) is 1.75. The maximum Gasteiger partial charge on any atom is 0.262 e. The highest BCUT2D eigenvalue weighted by Gasteiger charge is 2.15. The van der Waals surface area contributed by atoms with Gasteiger partial charge in [0.15, 0.2) is 0 Å². The summed E-state index contributed by atoms with van der Waals surface area (Å²) in [4.78, 5) is 19.8. The van der Waals surface area contributed by atoms with Crippen molar-refractivity contribution in [3.05, 3.63) is 64.3 Å². The highest BCUT2D eigenvalue weighted by atomic mass is 16.5.